The molecule has 0 aliphatic rings. The van der Waals surface area contributed by atoms with E-state index in [4.69, 9.17) is 9.47 Å². The smallest absolute Gasteiger partial charge is 0.309 e. The normalized spacial score (nSPS) is 10.6. The van der Waals surface area contributed by atoms with Crippen LogP contribution in [0.25, 0.3) is 5.69 Å². The first kappa shape index (κ1) is 22.1. The molecule has 0 spiro atoms. The number of nitrogens with zero attached hydrogens (tertiary/aromatic N) is 2. The highest BCUT2D eigenvalue weighted by atomic mass is 16.5. The Kier molecular flexibility index (Phi) is 7.07. The number of aromatic nitrogens is 2. The predicted octanol–water partition coefficient (Wildman–Crippen LogP) is 4.06. The fourth-order valence-electron chi connectivity index (χ4n) is 3.04. The van der Waals surface area contributed by atoms with Gasteiger partial charge in [0.25, 0.3) is 5.91 Å². The Morgan fingerprint density at radius 1 is 0.935 bits per heavy atom. The molecule has 1 N–H and O–H groups in total. The number of carbonyl (C=O) groups is 2. The van der Waals surface area contributed by atoms with E-state index in [1.54, 1.807) is 4.68 Å². The lowest BCUT2D eigenvalue weighted by Gasteiger charge is -2.09. The number of anilines is 1. The van der Waals surface area contributed by atoms with Gasteiger partial charge in [-0.1, -0.05) is 35.4 Å². The third-order valence-corrected chi connectivity index (χ3v) is 4.79. The number of nitrogens with one attached hydrogen (secondary N) is 1. The van der Waals surface area contributed by atoms with Gasteiger partial charge < -0.3 is 14.8 Å². The largest absolute Gasteiger partial charge is 0.493 e. The van der Waals surface area contributed by atoms with Crippen molar-refractivity contribution in [3.63, 3.8) is 0 Å². The number of hydrogen-bond acceptors (Lipinski definition) is 5. The summed E-state index contributed by atoms with van der Waals surface area (Å²) < 4.78 is 12.3. The fraction of sp³-hybridized carbons (Fsp3) is 0.292. The lowest BCUT2D eigenvalue weighted by Crippen LogP contribution is -2.22. The van der Waals surface area contributed by atoms with Crippen LogP contribution in [-0.4, -0.2) is 34.9 Å². The fourth-order valence-corrected chi connectivity index (χ4v) is 3.04. The van der Waals surface area contributed by atoms with Crippen LogP contribution in [-0.2, 0) is 14.3 Å². The number of amides is 1. The van der Waals surface area contributed by atoms with Gasteiger partial charge in [0.2, 0.25) is 0 Å². The second kappa shape index (κ2) is 9.93. The van der Waals surface area contributed by atoms with Crippen molar-refractivity contribution in [1.29, 1.82) is 0 Å². The van der Waals surface area contributed by atoms with Crippen molar-refractivity contribution in [3.05, 3.63) is 71.0 Å². The van der Waals surface area contributed by atoms with Crippen LogP contribution >= 0.6 is 0 Å². The van der Waals surface area contributed by atoms with Crippen molar-refractivity contribution in [3.8, 4) is 11.4 Å². The highest BCUT2D eigenvalue weighted by Gasteiger charge is 2.16. The van der Waals surface area contributed by atoms with E-state index < -0.39 is 11.9 Å². The van der Waals surface area contributed by atoms with Gasteiger partial charge in [-0.3, -0.25) is 9.59 Å². The van der Waals surface area contributed by atoms with E-state index in [0.717, 1.165) is 22.5 Å². The van der Waals surface area contributed by atoms with E-state index in [1.807, 2.05) is 76.2 Å². The third-order valence-electron chi connectivity index (χ3n) is 4.79. The maximum atomic E-state index is 12.3. The minimum atomic E-state index is -0.494. The van der Waals surface area contributed by atoms with E-state index in [2.05, 4.69) is 10.4 Å². The highest BCUT2D eigenvalue weighted by molar-refractivity contribution is 5.93. The van der Waals surface area contributed by atoms with Crippen molar-refractivity contribution >= 4 is 17.6 Å². The van der Waals surface area contributed by atoms with E-state index >= 15 is 0 Å². The van der Waals surface area contributed by atoms with Crippen molar-refractivity contribution in [2.75, 3.05) is 18.5 Å². The SMILES string of the molecule is Cc1ccc(OCCC(=O)OCC(=O)Nc2c(C)nn(-c3ccc(C)cc3)c2C)cc1. The van der Waals surface area contributed by atoms with Gasteiger partial charge in [0.15, 0.2) is 6.61 Å². The van der Waals surface area contributed by atoms with Gasteiger partial charge in [0, 0.05) is 0 Å². The monoisotopic (exact) mass is 421 g/mol. The first-order valence-electron chi connectivity index (χ1n) is 10.1. The standard InChI is InChI=1S/C24H27N3O4/c1-16-5-9-20(10-6-16)27-19(4)24(18(3)26-27)25-22(28)15-31-23(29)13-14-30-21-11-7-17(2)8-12-21/h5-12H,13-15H2,1-4H3,(H,25,28). The second-order valence-corrected chi connectivity index (χ2v) is 7.41. The Labute approximate surface area is 182 Å². The van der Waals surface area contributed by atoms with Crippen LogP contribution in [0, 0.1) is 27.7 Å². The van der Waals surface area contributed by atoms with Crippen LogP contribution < -0.4 is 10.1 Å². The van der Waals surface area contributed by atoms with Gasteiger partial charge in [-0.25, -0.2) is 4.68 Å². The number of carbonyl (C=O) groups excluding carboxylic acids is 2. The molecule has 7 nitrogen and oxygen atoms in total. The van der Waals surface area contributed by atoms with Gasteiger partial charge in [-0.15, -0.1) is 0 Å². The predicted molar refractivity (Wildman–Crippen MR) is 119 cm³/mol. The minimum absolute atomic E-state index is 0.0601. The van der Waals surface area contributed by atoms with Gasteiger partial charge in [-0.2, -0.15) is 5.10 Å². The molecule has 0 atom stereocenters. The van der Waals surface area contributed by atoms with Gasteiger partial charge in [-0.05, 0) is 52.0 Å². The number of benzene rings is 2. The molecule has 3 aromatic rings. The second-order valence-electron chi connectivity index (χ2n) is 7.41. The molecular formula is C24H27N3O4. The van der Waals surface area contributed by atoms with Gasteiger partial charge in [0.05, 0.1) is 35.8 Å². The summed E-state index contributed by atoms with van der Waals surface area (Å²) in [5.74, 6) is -0.221. The Balaban J connectivity index is 1.48. The van der Waals surface area contributed by atoms with Crippen molar-refractivity contribution < 1.29 is 19.1 Å². The molecule has 0 saturated heterocycles. The number of rotatable bonds is 8. The zero-order valence-electron chi connectivity index (χ0n) is 18.3. The molecule has 0 fully saturated rings. The van der Waals surface area contributed by atoms with Crippen LogP contribution in [0.15, 0.2) is 48.5 Å². The summed E-state index contributed by atoms with van der Waals surface area (Å²) in [6, 6.07) is 15.5. The molecular weight excluding hydrogens is 394 g/mol. The number of esters is 1. The maximum absolute atomic E-state index is 12.3. The molecule has 0 bridgehead atoms. The summed E-state index contributed by atoms with van der Waals surface area (Å²) >= 11 is 0. The summed E-state index contributed by atoms with van der Waals surface area (Å²) in [6.45, 7) is 7.53. The van der Waals surface area contributed by atoms with Crippen LogP contribution in [0.1, 0.15) is 28.9 Å². The maximum Gasteiger partial charge on any atom is 0.309 e. The number of ether oxygens (including phenoxy) is 2. The molecule has 0 radical (unpaired) electrons. The molecule has 31 heavy (non-hydrogen) atoms. The summed E-state index contributed by atoms with van der Waals surface area (Å²) in [5, 5.41) is 7.30. The van der Waals surface area contributed by atoms with Crippen LogP contribution in [0.2, 0.25) is 0 Å². The van der Waals surface area contributed by atoms with Crippen LogP contribution in [0.5, 0.6) is 5.75 Å². The molecule has 1 amide bonds. The average Bonchev–Trinajstić information content (AvgIpc) is 3.02. The average molecular weight is 421 g/mol. The minimum Gasteiger partial charge on any atom is -0.493 e. The van der Waals surface area contributed by atoms with E-state index in [1.165, 1.54) is 0 Å². The Bertz CT molecular complexity index is 1050. The molecule has 162 valence electrons. The lowest BCUT2D eigenvalue weighted by molar-refractivity contribution is -0.147. The zero-order valence-corrected chi connectivity index (χ0v) is 18.3. The summed E-state index contributed by atoms with van der Waals surface area (Å²) in [6.07, 6.45) is 0.0601. The molecule has 1 aromatic heterocycles. The van der Waals surface area contributed by atoms with Crippen LogP contribution in [0.3, 0.4) is 0 Å². The Hall–Kier alpha value is -3.61. The molecule has 3 rings (SSSR count). The summed E-state index contributed by atoms with van der Waals surface area (Å²) in [7, 11) is 0. The Morgan fingerprint density at radius 3 is 2.19 bits per heavy atom. The highest BCUT2D eigenvalue weighted by Crippen LogP contribution is 2.23. The summed E-state index contributed by atoms with van der Waals surface area (Å²) in [4.78, 5) is 24.2. The van der Waals surface area contributed by atoms with Crippen molar-refractivity contribution in [2.45, 2.75) is 34.1 Å². The molecule has 0 aliphatic carbocycles. The number of aryl methyl sites for hydroxylation is 3. The van der Waals surface area contributed by atoms with Gasteiger partial charge >= 0.3 is 5.97 Å². The number of hydrogen-bond donors (Lipinski definition) is 1. The first-order chi connectivity index (χ1) is 14.8. The van der Waals surface area contributed by atoms with E-state index in [-0.39, 0.29) is 19.6 Å². The van der Waals surface area contributed by atoms with Gasteiger partial charge in [0.1, 0.15) is 5.75 Å². The third kappa shape index (κ3) is 5.94. The van der Waals surface area contributed by atoms with Crippen molar-refractivity contribution in [1.82, 2.24) is 9.78 Å². The molecule has 7 heteroatoms. The van der Waals surface area contributed by atoms with E-state index in [9.17, 15) is 9.59 Å². The zero-order chi connectivity index (χ0) is 22.4. The van der Waals surface area contributed by atoms with Crippen molar-refractivity contribution in [2.24, 2.45) is 0 Å². The molecule has 2 aromatic carbocycles. The quantitative estimate of drug-likeness (QED) is 0.555. The van der Waals surface area contributed by atoms with Crippen LogP contribution in [0.4, 0.5) is 5.69 Å². The molecule has 0 unspecified atom stereocenters. The molecule has 1 heterocycles. The summed E-state index contributed by atoms with van der Waals surface area (Å²) in [5.41, 5.74) is 5.30. The topological polar surface area (TPSA) is 82.4 Å². The molecule has 0 saturated carbocycles. The lowest BCUT2D eigenvalue weighted by atomic mass is 10.2. The Morgan fingerprint density at radius 2 is 1.55 bits per heavy atom. The first-order valence-corrected chi connectivity index (χ1v) is 10.1. The van der Waals surface area contributed by atoms with E-state index in [0.29, 0.717) is 17.1 Å². The molecule has 0 aliphatic heterocycles.